The van der Waals surface area contributed by atoms with Crippen molar-refractivity contribution in [2.24, 2.45) is 11.8 Å². The molecule has 5 rings (SSSR count). The first-order valence-corrected chi connectivity index (χ1v) is 18.7. The zero-order chi connectivity index (χ0) is 38.9. The molecule has 2 amide bonds. The van der Waals surface area contributed by atoms with Gasteiger partial charge in [0, 0.05) is 55.5 Å². The van der Waals surface area contributed by atoms with Crippen LogP contribution in [0.1, 0.15) is 55.9 Å². The van der Waals surface area contributed by atoms with Gasteiger partial charge in [0.1, 0.15) is 17.3 Å². The summed E-state index contributed by atoms with van der Waals surface area (Å²) >= 11 is 0. The molecule has 12 heteroatoms. The molecule has 0 bridgehead atoms. The van der Waals surface area contributed by atoms with Crippen molar-refractivity contribution in [2.45, 2.75) is 60.8 Å². The maximum Gasteiger partial charge on any atom is 0.425 e. The number of piperidine rings is 1. The molecule has 11 nitrogen and oxygen atoms in total. The summed E-state index contributed by atoms with van der Waals surface area (Å²) in [6.07, 6.45) is 3.43. The van der Waals surface area contributed by atoms with Gasteiger partial charge in [0.25, 0.3) is 0 Å². The van der Waals surface area contributed by atoms with Gasteiger partial charge in [-0.2, -0.15) is 4.98 Å². The lowest BCUT2D eigenvalue weighted by atomic mass is 9.99. The Morgan fingerprint density at radius 1 is 1.02 bits per heavy atom. The van der Waals surface area contributed by atoms with Gasteiger partial charge in [-0.15, -0.1) is 0 Å². The van der Waals surface area contributed by atoms with E-state index in [0.717, 1.165) is 48.2 Å². The quantitative estimate of drug-likeness (QED) is 0.136. The first-order valence-electron chi connectivity index (χ1n) is 18.7. The average molecular weight is 741 g/mol. The first-order chi connectivity index (χ1) is 25.9. The molecule has 3 aromatic carbocycles. The van der Waals surface area contributed by atoms with Gasteiger partial charge >= 0.3 is 6.09 Å². The fourth-order valence-corrected chi connectivity index (χ4v) is 7.07. The molecular formula is C42H53FN6O5. The van der Waals surface area contributed by atoms with Crippen LogP contribution in [0.5, 0.6) is 17.2 Å². The minimum atomic E-state index is -0.720. The first kappa shape index (κ1) is 40.0. The highest BCUT2D eigenvalue weighted by molar-refractivity contribution is 5.98. The molecular weight excluding hydrogens is 687 g/mol. The van der Waals surface area contributed by atoms with Crippen LogP contribution in [-0.2, 0) is 11.2 Å². The number of hydrogen-bond acceptors (Lipinski definition) is 9. The van der Waals surface area contributed by atoms with E-state index in [1.54, 1.807) is 24.3 Å². The summed E-state index contributed by atoms with van der Waals surface area (Å²) in [4.78, 5) is 41.7. The van der Waals surface area contributed by atoms with Gasteiger partial charge in [-0.3, -0.25) is 4.79 Å². The number of carbonyl (C=O) groups is 2. The smallest absolute Gasteiger partial charge is 0.425 e. The third-order valence-electron chi connectivity index (χ3n) is 9.75. The van der Waals surface area contributed by atoms with E-state index >= 15 is 4.39 Å². The van der Waals surface area contributed by atoms with Crippen LogP contribution in [0.4, 0.5) is 32.3 Å². The zero-order valence-electron chi connectivity index (χ0n) is 32.7. The van der Waals surface area contributed by atoms with E-state index in [9.17, 15) is 9.59 Å². The molecule has 288 valence electrons. The van der Waals surface area contributed by atoms with Gasteiger partial charge in [-0.25, -0.2) is 19.1 Å². The number of carbonyl (C=O) groups excluding carboxylic acids is 2. The number of halogens is 1. The van der Waals surface area contributed by atoms with Gasteiger partial charge in [0.05, 0.1) is 19.4 Å². The summed E-state index contributed by atoms with van der Waals surface area (Å²) in [5.41, 5.74) is 4.31. The second-order valence-corrected chi connectivity index (χ2v) is 14.1. The third-order valence-corrected chi connectivity index (χ3v) is 9.75. The molecule has 2 unspecified atom stereocenters. The maximum absolute atomic E-state index is 15.2. The SMILES string of the molecule is CCN(CC)C(=O)C(C)Cc1ccc(N(C(=O)Oc2c(C)cc(C)cc2C)c2ccnc(Nc3ccc(OCC4CCCN(C)C4)c(F)c3)n2)c(OC)c1. The van der Waals surface area contributed by atoms with Gasteiger partial charge in [-0.1, -0.05) is 30.7 Å². The van der Waals surface area contributed by atoms with E-state index in [-0.39, 0.29) is 29.3 Å². The van der Waals surface area contributed by atoms with Crippen molar-refractivity contribution in [2.75, 3.05) is 57.2 Å². The van der Waals surface area contributed by atoms with Crippen molar-refractivity contribution in [3.05, 3.63) is 88.9 Å². The number of aryl methyl sites for hydroxylation is 3. The lowest BCUT2D eigenvalue weighted by molar-refractivity contribution is -0.134. The monoisotopic (exact) mass is 740 g/mol. The van der Waals surface area contributed by atoms with Crippen LogP contribution in [0.25, 0.3) is 0 Å². The molecule has 1 fully saturated rings. The molecule has 2 atom stereocenters. The number of anilines is 4. The number of methoxy groups -OCH3 is 1. The van der Waals surface area contributed by atoms with Crippen molar-refractivity contribution >= 4 is 35.1 Å². The second-order valence-electron chi connectivity index (χ2n) is 14.1. The summed E-state index contributed by atoms with van der Waals surface area (Å²) in [7, 11) is 3.61. The number of hydrogen-bond donors (Lipinski definition) is 1. The fraction of sp³-hybridized carbons (Fsp3) is 0.429. The van der Waals surface area contributed by atoms with Crippen LogP contribution < -0.4 is 24.4 Å². The van der Waals surface area contributed by atoms with Crippen molar-refractivity contribution < 1.29 is 28.2 Å². The van der Waals surface area contributed by atoms with E-state index in [1.807, 2.05) is 70.7 Å². The summed E-state index contributed by atoms with van der Waals surface area (Å²) in [6.45, 7) is 15.3. The topological polar surface area (TPSA) is 109 Å². The van der Waals surface area contributed by atoms with Crippen molar-refractivity contribution in [3.63, 3.8) is 0 Å². The Morgan fingerprint density at radius 3 is 2.43 bits per heavy atom. The predicted octanol–water partition coefficient (Wildman–Crippen LogP) is 8.40. The molecule has 2 heterocycles. The average Bonchev–Trinajstić information content (AvgIpc) is 3.14. The molecule has 54 heavy (non-hydrogen) atoms. The van der Waals surface area contributed by atoms with Crippen molar-refractivity contribution in [1.29, 1.82) is 0 Å². The number of amides is 2. The summed E-state index contributed by atoms with van der Waals surface area (Å²) in [6, 6.07) is 15.6. The number of nitrogens with one attached hydrogen (secondary N) is 1. The van der Waals surface area contributed by atoms with Gasteiger partial charge in [0.2, 0.25) is 11.9 Å². The molecule has 0 radical (unpaired) electrons. The highest BCUT2D eigenvalue weighted by Crippen LogP contribution is 2.37. The normalized spacial score (nSPS) is 14.9. The van der Waals surface area contributed by atoms with Gasteiger partial charge < -0.3 is 29.3 Å². The molecule has 1 saturated heterocycles. The lowest BCUT2D eigenvalue weighted by Crippen LogP contribution is -2.35. The Kier molecular flexibility index (Phi) is 13.5. The largest absolute Gasteiger partial charge is 0.495 e. The van der Waals surface area contributed by atoms with Crippen LogP contribution >= 0.6 is 0 Å². The summed E-state index contributed by atoms with van der Waals surface area (Å²) in [5.74, 6) is 0.992. The molecule has 0 saturated carbocycles. The predicted molar refractivity (Wildman–Crippen MR) is 210 cm³/mol. The third kappa shape index (κ3) is 9.84. The van der Waals surface area contributed by atoms with Crippen molar-refractivity contribution in [1.82, 2.24) is 19.8 Å². The number of nitrogens with zero attached hydrogens (tertiary/aromatic N) is 5. The van der Waals surface area contributed by atoms with E-state index in [4.69, 9.17) is 14.2 Å². The Balaban J connectivity index is 1.43. The maximum atomic E-state index is 15.2. The second kappa shape index (κ2) is 18.2. The highest BCUT2D eigenvalue weighted by atomic mass is 19.1. The van der Waals surface area contributed by atoms with Crippen LogP contribution in [0.15, 0.2) is 60.8 Å². The van der Waals surface area contributed by atoms with E-state index in [1.165, 1.54) is 24.3 Å². The van der Waals surface area contributed by atoms with Crippen LogP contribution in [0.3, 0.4) is 0 Å². The molecule has 1 aliphatic heterocycles. The molecule has 4 aromatic rings. The van der Waals surface area contributed by atoms with Crippen LogP contribution in [-0.4, -0.2) is 78.7 Å². The molecule has 1 aliphatic rings. The highest BCUT2D eigenvalue weighted by Gasteiger charge is 2.28. The Hall–Kier alpha value is -5.23. The van der Waals surface area contributed by atoms with E-state index < -0.39 is 11.9 Å². The van der Waals surface area contributed by atoms with E-state index in [2.05, 4.69) is 27.2 Å². The molecule has 1 N–H and O–H groups in total. The molecule has 0 spiro atoms. The number of rotatable bonds is 14. The van der Waals surface area contributed by atoms with Crippen LogP contribution in [0.2, 0.25) is 0 Å². The lowest BCUT2D eigenvalue weighted by Gasteiger charge is -2.29. The Morgan fingerprint density at radius 2 is 1.76 bits per heavy atom. The summed E-state index contributed by atoms with van der Waals surface area (Å²) < 4.78 is 33.0. The number of aromatic nitrogens is 2. The minimum absolute atomic E-state index is 0.0765. The zero-order valence-corrected chi connectivity index (χ0v) is 32.7. The standard InChI is InChI=1S/C42H53FN6O5/c1-9-48(10-2)40(50)30(6)22-31-13-15-35(37(23-31)52-8)49(42(51)54-39-28(4)20-27(3)21-29(39)5)38-17-18-44-41(46-38)45-33-14-16-36(34(43)24-33)53-26-32-12-11-19-47(7)25-32/h13-18,20-21,23-24,30,32H,9-12,19,22,25-26H2,1-8H3,(H,44,45,46). The molecule has 1 aromatic heterocycles. The molecule has 0 aliphatic carbocycles. The Bertz CT molecular complexity index is 1910. The fourth-order valence-electron chi connectivity index (χ4n) is 7.07. The number of benzene rings is 3. The number of ether oxygens (including phenoxy) is 3. The Labute approximate surface area is 318 Å². The van der Waals surface area contributed by atoms with Gasteiger partial charge in [-0.05, 0) is 108 Å². The number of likely N-dealkylation sites (tertiary alicyclic amines) is 1. The summed E-state index contributed by atoms with van der Waals surface area (Å²) in [5, 5.41) is 3.06. The van der Waals surface area contributed by atoms with E-state index in [0.29, 0.717) is 54.9 Å². The minimum Gasteiger partial charge on any atom is -0.495 e. The van der Waals surface area contributed by atoms with Crippen LogP contribution in [0, 0.1) is 38.4 Å². The van der Waals surface area contributed by atoms with Gasteiger partial charge in [0.15, 0.2) is 11.6 Å². The van der Waals surface area contributed by atoms with Crippen molar-refractivity contribution in [3.8, 4) is 17.2 Å².